The second kappa shape index (κ2) is 11.5. The summed E-state index contributed by atoms with van der Waals surface area (Å²) in [5, 5.41) is 24.6. The molecule has 0 radical (unpaired) electrons. The van der Waals surface area contributed by atoms with Crippen molar-refractivity contribution in [3.05, 3.63) is 148 Å². The Hall–Kier alpha value is -3.20. The highest BCUT2D eigenvalue weighted by atomic mass is 35.5. The molecule has 0 saturated carbocycles. The molecule has 2 unspecified atom stereocenters. The molecule has 0 aromatic heterocycles. The molecule has 4 aromatic rings. The number of nitro benzene ring substituents is 2. The largest absolute Gasteiger partial charge is 0.355 e. The molecule has 188 valence electrons. The zero-order valence-electron chi connectivity index (χ0n) is 18.7. The summed E-state index contributed by atoms with van der Waals surface area (Å²) in [5.41, 5.74) is 0.243. The summed E-state index contributed by atoms with van der Waals surface area (Å²) in [6, 6.07) is 21.4. The molecule has 0 aliphatic rings. The van der Waals surface area contributed by atoms with Crippen molar-refractivity contribution in [2.45, 2.75) is 12.2 Å². The zero-order chi connectivity index (χ0) is 26.7. The second-order valence-electron chi connectivity index (χ2n) is 7.80. The molecule has 0 aliphatic carbocycles. The quantitative estimate of drug-likeness (QED) is 0.154. The van der Waals surface area contributed by atoms with E-state index in [0.29, 0.717) is 0 Å². The van der Waals surface area contributed by atoms with E-state index in [1.54, 1.807) is 48.5 Å². The van der Waals surface area contributed by atoms with Crippen molar-refractivity contribution in [1.29, 1.82) is 0 Å². The van der Waals surface area contributed by atoms with Gasteiger partial charge in [-0.3, -0.25) is 20.2 Å². The molecule has 7 nitrogen and oxygen atoms in total. The maximum absolute atomic E-state index is 12.0. The fourth-order valence-electron chi connectivity index (χ4n) is 4.00. The predicted molar refractivity (Wildman–Crippen MR) is 144 cm³/mol. The lowest BCUT2D eigenvalue weighted by atomic mass is 9.96. The summed E-state index contributed by atoms with van der Waals surface area (Å²) in [6.45, 7) is 0. The third-order valence-corrected chi connectivity index (χ3v) is 6.95. The Labute approximate surface area is 231 Å². The van der Waals surface area contributed by atoms with Crippen LogP contribution in [-0.2, 0) is 4.74 Å². The molecule has 37 heavy (non-hydrogen) atoms. The normalized spacial score (nSPS) is 12.6. The van der Waals surface area contributed by atoms with E-state index in [9.17, 15) is 20.2 Å². The van der Waals surface area contributed by atoms with Crippen molar-refractivity contribution >= 4 is 57.8 Å². The van der Waals surface area contributed by atoms with Gasteiger partial charge in [0.1, 0.15) is 12.2 Å². The van der Waals surface area contributed by atoms with Crippen LogP contribution >= 0.6 is 46.4 Å². The molecule has 0 fully saturated rings. The molecule has 0 spiro atoms. The van der Waals surface area contributed by atoms with E-state index in [1.807, 2.05) is 0 Å². The Morgan fingerprint density at radius 1 is 0.541 bits per heavy atom. The van der Waals surface area contributed by atoms with Gasteiger partial charge in [0.05, 0.1) is 21.0 Å². The Kier molecular flexibility index (Phi) is 8.32. The molecule has 4 aromatic carbocycles. The van der Waals surface area contributed by atoms with Gasteiger partial charge in [-0.05, 0) is 36.4 Å². The Balaban J connectivity index is 2.03. The van der Waals surface area contributed by atoms with Crippen LogP contribution in [0.15, 0.2) is 84.9 Å². The van der Waals surface area contributed by atoms with Gasteiger partial charge in [0.2, 0.25) is 0 Å². The first-order chi connectivity index (χ1) is 17.7. The number of benzene rings is 4. The average Bonchev–Trinajstić information content (AvgIpc) is 2.86. The average molecular weight is 578 g/mol. The molecule has 0 bridgehead atoms. The van der Waals surface area contributed by atoms with Gasteiger partial charge in [0.25, 0.3) is 11.4 Å². The van der Waals surface area contributed by atoms with E-state index < -0.39 is 22.1 Å². The standard InChI is InChI=1S/C26H16Cl4N2O5/c27-17-9-5-10-18(28)23(17)25(15-7-1-3-13-21(15)31(33)34)37-26(24-19(29)11-6-12-20(24)30)16-8-2-4-14-22(16)32(35)36/h1-14,25-26H. The van der Waals surface area contributed by atoms with Crippen LogP contribution in [0.4, 0.5) is 11.4 Å². The lowest BCUT2D eigenvalue weighted by Crippen LogP contribution is -2.17. The van der Waals surface area contributed by atoms with E-state index in [1.165, 1.54) is 36.4 Å². The Morgan fingerprint density at radius 2 is 0.865 bits per heavy atom. The summed E-state index contributed by atoms with van der Waals surface area (Å²) >= 11 is 26.1. The fraction of sp³-hybridized carbons (Fsp3) is 0.0769. The minimum Gasteiger partial charge on any atom is -0.355 e. The molecule has 0 aliphatic heterocycles. The van der Waals surface area contributed by atoms with Crippen LogP contribution in [0.2, 0.25) is 20.1 Å². The van der Waals surface area contributed by atoms with Gasteiger partial charge >= 0.3 is 0 Å². The van der Waals surface area contributed by atoms with E-state index in [-0.39, 0.29) is 53.7 Å². The predicted octanol–water partition coefficient (Wildman–Crippen LogP) is 9.01. The first-order valence-electron chi connectivity index (χ1n) is 10.7. The van der Waals surface area contributed by atoms with E-state index in [2.05, 4.69) is 0 Å². The van der Waals surface area contributed by atoms with Crippen molar-refractivity contribution in [3.8, 4) is 0 Å². The summed E-state index contributed by atoms with van der Waals surface area (Å²) in [7, 11) is 0. The Bertz CT molecular complexity index is 1350. The van der Waals surface area contributed by atoms with Crippen LogP contribution < -0.4 is 0 Å². The highest BCUT2D eigenvalue weighted by Crippen LogP contribution is 2.47. The van der Waals surface area contributed by atoms with Crippen LogP contribution in [0.5, 0.6) is 0 Å². The molecule has 0 N–H and O–H groups in total. The molecular weight excluding hydrogens is 562 g/mol. The van der Waals surface area contributed by atoms with Crippen molar-refractivity contribution in [1.82, 2.24) is 0 Å². The number of nitro groups is 2. The molecule has 2 atom stereocenters. The summed E-state index contributed by atoms with van der Waals surface area (Å²) < 4.78 is 6.55. The summed E-state index contributed by atoms with van der Waals surface area (Å²) in [5.74, 6) is 0. The highest BCUT2D eigenvalue weighted by Gasteiger charge is 2.35. The molecule has 0 saturated heterocycles. The van der Waals surface area contributed by atoms with Crippen LogP contribution in [0, 0.1) is 20.2 Å². The number of hydrogen-bond donors (Lipinski definition) is 0. The van der Waals surface area contributed by atoms with Gasteiger partial charge in [0, 0.05) is 43.4 Å². The van der Waals surface area contributed by atoms with Crippen molar-refractivity contribution in [2.24, 2.45) is 0 Å². The van der Waals surface area contributed by atoms with Crippen LogP contribution in [0.25, 0.3) is 0 Å². The van der Waals surface area contributed by atoms with Gasteiger partial charge in [-0.1, -0.05) is 82.8 Å². The van der Waals surface area contributed by atoms with Gasteiger partial charge < -0.3 is 4.74 Å². The molecule has 0 amide bonds. The topological polar surface area (TPSA) is 95.5 Å². The van der Waals surface area contributed by atoms with Gasteiger partial charge in [0.15, 0.2) is 0 Å². The minimum absolute atomic E-state index is 0.134. The number of para-hydroxylation sites is 2. The molecular formula is C26H16Cl4N2O5. The monoisotopic (exact) mass is 576 g/mol. The van der Waals surface area contributed by atoms with Crippen molar-refractivity contribution in [2.75, 3.05) is 0 Å². The van der Waals surface area contributed by atoms with Gasteiger partial charge in [-0.2, -0.15) is 0 Å². The fourth-order valence-corrected chi connectivity index (χ4v) is 5.19. The molecule has 0 heterocycles. The number of nitrogens with zero attached hydrogens (tertiary/aromatic N) is 2. The van der Waals surface area contributed by atoms with Gasteiger partial charge in [-0.15, -0.1) is 0 Å². The smallest absolute Gasteiger partial charge is 0.275 e. The van der Waals surface area contributed by atoms with Gasteiger partial charge in [-0.25, -0.2) is 0 Å². The maximum atomic E-state index is 12.0. The lowest BCUT2D eigenvalue weighted by molar-refractivity contribution is -0.386. The van der Waals surface area contributed by atoms with Crippen LogP contribution in [0.1, 0.15) is 34.5 Å². The van der Waals surface area contributed by atoms with E-state index in [0.717, 1.165) is 0 Å². The van der Waals surface area contributed by atoms with E-state index >= 15 is 0 Å². The number of rotatable bonds is 8. The number of halogens is 4. The molecule has 11 heteroatoms. The number of hydrogen-bond acceptors (Lipinski definition) is 5. The Morgan fingerprint density at radius 3 is 1.19 bits per heavy atom. The van der Waals surface area contributed by atoms with Crippen molar-refractivity contribution in [3.63, 3.8) is 0 Å². The minimum atomic E-state index is -1.24. The molecule has 4 rings (SSSR count). The lowest BCUT2D eigenvalue weighted by Gasteiger charge is -2.28. The maximum Gasteiger partial charge on any atom is 0.275 e. The van der Waals surface area contributed by atoms with E-state index in [4.69, 9.17) is 51.1 Å². The van der Waals surface area contributed by atoms with Crippen LogP contribution in [-0.4, -0.2) is 9.85 Å². The number of ether oxygens (including phenoxy) is 1. The SMILES string of the molecule is O=[N+]([O-])c1ccccc1C(OC(c1ccccc1[N+](=O)[O-])c1c(Cl)cccc1Cl)c1c(Cl)cccc1Cl. The third kappa shape index (κ3) is 5.56. The highest BCUT2D eigenvalue weighted by molar-refractivity contribution is 6.36. The first kappa shape index (κ1) is 26.9. The first-order valence-corrected chi connectivity index (χ1v) is 12.2. The second-order valence-corrected chi connectivity index (χ2v) is 9.43. The summed E-state index contributed by atoms with van der Waals surface area (Å²) in [4.78, 5) is 22.8. The third-order valence-electron chi connectivity index (χ3n) is 5.63. The zero-order valence-corrected chi connectivity index (χ0v) is 21.7. The van der Waals surface area contributed by atoms with Crippen LogP contribution in [0.3, 0.4) is 0 Å². The summed E-state index contributed by atoms with van der Waals surface area (Å²) in [6.07, 6.45) is -2.47. The van der Waals surface area contributed by atoms with Crippen molar-refractivity contribution < 1.29 is 14.6 Å².